The number of rotatable bonds is 1. The Labute approximate surface area is 123 Å². The summed E-state index contributed by atoms with van der Waals surface area (Å²) in [5.74, 6) is 1.24. The summed E-state index contributed by atoms with van der Waals surface area (Å²) in [5, 5.41) is 13.8. The molecule has 0 bridgehead atoms. The van der Waals surface area contributed by atoms with E-state index in [1.54, 1.807) is 7.05 Å². The Bertz CT molecular complexity index is 482. The van der Waals surface area contributed by atoms with Crippen LogP contribution < -0.4 is 5.32 Å². The van der Waals surface area contributed by atoms with E-state index in [4.69, 9.17) is 0 Å². The molecule has 0 saturated heterocycles. The topological polar surface area (TPSA) is 44.6 Å². The van der Waals surface area contributed by atoms with Crippen LogP contribution in [0.2, 0.25) is 0 Å². The SMILES string of the molecule is CN=C(NC)c1cc(C(C)(C)C)c(O)c(C(C)(C)C)c1. The minimum atomic E-state index is -0.118. The second-order valence-corrected chi connectivity index (χ2v) is 7.24. The van der Waals surface area contributed by atoms with Gasteiger partial charge in [-0.1, -0.05) is 41.5 Å². The van der Waals surface area contributed by atoms with Crippen LogP contribution in [0.4, 0.5) is 0 Å². The fourth-order valence-electron chi connectivity index (χ4n) is 2.30. The molecule has 112 valence electrons. The second-order valence-electron chi connectivity index (χ2n) is 7.24. The summed E-state index contributed by atoms with van der Waals surface area (Å²) in [6, 6.07) is 4.06. The van der Waals surface area contributed by atoms with Crippen molar-refractivity contribution in [2.24, 2.45) is 4.99 Å². The molecule has 0 aromatic heterocycles. The maximum atomic E-state index is 10.7. The summed E-state index contributed by atoms with van der Waals surface area (Å²) < 4.78 is 0. The lowest BCUT2D eigenvalue weighted by Crippen LogP contribution is -2.23. The maximum absolute atomic E-state index is 10.7. The molecule has 20 heavy (non-hydrogen) atoms. The molecule has 0 spiro atoms. The number of hydrogen-bond acceptors (Lipinski definition) is 2. The zero-order valence-corrected chi connectivity index (χ0v) is 14.0. The first-order valence-corrected chi connectivity index (χ1v) is 7.05. The summed E-state index contributed by atoms with van der Waals surface area (Å²) in [4.78, 5) is 4.28. The van der Waals surface area contributed by atoms with Crippen LogP contribution >= 0.6 is 0 Å². The van der Waals surface area contributed by atoms with E-state index in [0.717, 1.165) is 22.5 Å². The van der Waals surface area contributed by atoms with Crippen LogP contribution in [-0.4, -0.2) is 25.0 Å². The van der Waals surface area contributed by atoms with Crippen LogP contribution in [-0.2, 0) is 10.8 Å². The minimum absolute atomic E-state index is 0.118. The van der Waals surface area contributed by atoms with Gasteiger partial charge in [0.05, 0.1) is 0 Å². The Kier molecular flexibility index (Phi) is 4.52. The molecule has 1 aromatic carbocycles. The Hall–Kier alpha value is -1.51. The lowest BCUT2D eigenvalue weighted by molar-refractivity contribution is 0.423. The second kappa shape index (κ2) is 5.47. The summed E-state index contributed by atoms with van der Waals surface area (Å²) in [5.41, 5.74) is 2.69. The zero-order valence-electron chi connectivity index (χ0n) is 14.0. The summed E-state index contributed by atoms with van der Waals surface area (Å²) >= 11 is 0. The predicted octanol–water partition coefficient (Wildman–Crippen LogP) is 3.58. The number of phenolic OH excluding ortho intramolecular Hbond substituents is 1. The molecule has 0 radical (unpaired) electrons. The van der Waals surface area contributed by atoms with Crippen LogP contribution in [0.3, 0.4) is 0 Å². The highest BCUT2D eigenvalue weighted by atomic mass is 16.3. The smallest absolute Gasteiger partial charge is 0.127 e. The number of nitrogens with one attached hydrogen (secondary N) is 1. The van der Waals surface area contributed by atoms with E-state index in [1.165, 1.54) is 0 Å². The molecule has 0 atom stereocenters. The lowest BCUT2D eigenvalue weighted by Gasteiger charge is -2.28. The molecule has 0 saturated carbocycles. The van der Waals surface area contributed by atoms with Crippen molar-refractivity contribution in [1.82, 2.24) is 5.32 Å². The summed E-state index contributed by atoms with van der Waals surface area (Å²) in [6.07, 6.45) is 0. The average molecular weight is 276 g/mol. The molecule has 0 unspecified atom stereocenters. The van der Waals surface area contributed by atoms with Crippen LogP contribution in [0.1, 0.15) is 58.2 Å². The van der Waals surface area contributed by atoms with E-state index in [0.29, 0.717) is 5.75 Å². The quantitative estimate of drug-likeness (QED) is 0.608. The molecule has 0 aliphatic rings. The third kappa shape index (κ3) is 3.33. The molecule has 0 aliphatic carbocycles. The van der Waals surface area contributed by atoms with Crippen LogP contribution in [0.15, 0.2) is 17.1 Å². The first-order valence-electron chi connectivity index (χ1n) is 7.05. The van der Waals surface area contributed by atoms with Crippen molar-refractivity contribution >= 4 is 5.84 Å². The van der Waals surface area contributed by atoms with Crippen molar-refractivity contribution < 1.29 is 5.11 Å². The van der Waals surface area contributed by atoms with E-state index in [9.17, 15) is 5.11 Å². The van der Waals surface area contributed by atoms with Gasteiger partial charge in [-0.25, -0.2) is 0 Å². The molecular formula is C17H28N2O. The van der Waals surface area contributed by atoms with Gasteiger partial charge < -0.3 is 10.4 Å². The fourth-order valence-corrected chi connectivity index (χ4v) is 2.30. The van der Waals surface area contributed by atoms with Gasteiger partial charge in [-0.3, -0.25) is 4.99 Å². The number of hydrogen-bond donors (Lipinski definition) is 2. The molecule has 1 aromatic rings. The largest absolute Gasteiger partial charge is 0.507 e. The molecule has 0 aliphatic heterocycles. The minimum Gasteiger partial charge on any atom is -0.507 e. The van der Waals surface area contributed by atoms with Gasteiger partial charge in [-0.2, -0.15) is 0 Å². The highest BCUT2D eigenvalue weighted by molar-refractivity contribution is 5.99. The van der Waals surface area contributed by atoms with Gasteiger partial charge in [-0.15, -0.1) is 0 Å². The van der Waals surface area contributed by atoms with Gasteiger partial charge in [-0.05, 0) is 23.0 Å². The first kappa shape index (κ1) is 16.5. The zero-order chi connectivity index (χ0) is 15.7. The standard InChI is InChI=1S/C17H28N2O/c1-16(2,3)12-9-11(15(18-7)19-8)10-13(14(12)20)17(4,5)6/h9-10,20H,1-8H3,(H,18,19). The molecule has 3 heteroatoms. The monoisotopic (exact) mass is 276 g/mol. The number of aliphatic imine (C=N–C) groups is 1. The Morgan fingerprint density at radius 2 is 1.40 bits per heavy atom. The fraction of sp³-hybridized carbons (Fsp3) is 0.588. The van der Waals surface area contributed by atoms with Crippen LogP contribution in [0.5, 0.6) is 5.75 Å². The Morgan fingerprint density at radius 3 is 1.65 bits per heavy atom. The van der Waals surface area contributed by atoms with Gasteiger partial charge >= 0.3 is 0 Å². The van der Waals surface area contributed by atoms with Crippen LogP contribution in [0, 0.1) is 0 Å². The number of benzene rings is 1. The molecule has 0 amide bonds. The molecule has 3 nitrogen and oxygen atoms in total. The molecule has 0 heterocycles. The number of amidine groups is 1. The van der Waals surface area contributed by atoms with Gasteiger partial charge in [0.15, 0.2) is 0 Å². The third-order valence-electron chi connectivity index (χ3n) is 3.46. The van der Waals surface area contributed by atoms with E-state index in [1.807, 2.05) is 19.2 Å². The average Bonchev–Trinajstić information content (AvgIpc) is 2.29. The van der Waals surface area contributed by atoms with Gasteiger partial charge in [0.1, 0.15) is 11.6 Å². The van der Waals surface area contributed by atoms with Gasteiger partial charge in [0, 0.05) is 30.8 Å². The van der Waals surface area contributed by atoms with E-state index in [2.05, 4.69) is 51.9 Å². The highest BCUT2D eigenvalue weighted by Gasteiger charge is 2.27. The van der Waals surface area contributed by atoms with Crippen LogP contribution in [0.25, 0.3) is 0 Å². The van der Waals surface area contributed by atoms with E-state index >= 15 is 0 Å². The molecular weight excluding hydrogens is 248 g/mol. The van der Waals surface area contributed by atoms with Gasteiger partial charge in [0.25, 0.3) is 0 Å². The summed E-state index contributed by atoms with van der Waals surface area (Å²) in [7, 11) is 3.63. The van der Waals surface area contributed by atoms with Gasteiger partial charge in [0.2, 0.25) is 0 Å². The normalized spacial score (nSPS) is 13.5. The lowest BCUT2D eigenvalue weighted by atomic mass is 9.78. The predicted molar refractivity (Wildman–Crippen MR) is 87.0 cm³/mol. The number of aromatic hydroxyl groups is 1. The maximum Gasteiger partial charge on any atom is 0.127 e. The summed E-state index contributed by atoms with van der Waals surface area (Å²) in [6.45, 7) is 12.7. The third-order valence-corrected chi connectivity index (χ3v) is 3.46. The van der Waals surface area contributed by atoms with Crippen molar-refractivity contribution in [3.63, 3.8) is 0 Å². The van der Waals surface area contributed by atoms with E-state index < -0.39 is 0 Å². The highest BCUT2D eigenvalue weighted by Crippen LogP contribution is 2.39. The van der Waals surface area contributed by atoms with E-state index in [-0.39, 0.29) is 10.8 Å². The Balaban J connectivity index is 3.67. The molecule has 2 N–H and O–H groups in total. The van der Waals surface area contributed by atoms with Crippen molar-refractivity contribution in [3.05, 3.63) is 28.8 Å². The van der Waals surface area contributed by atoms with Crippen molar-refractivity contribution in [3.8, 4) is 5.75 Å². The van der Waals surface area contributed by atoms with Crippen molar-refractivity contribution in [1.29, 1.82) is 0 Å². The number of phenols is 1. The Morgan fingerprint density at radius 1 is 1.00 bits per heavy atom. The van der Waals surface area contributed by atoms with Crippen molar-refractivity contribution in [2.45, 2.75) is 52.4 Å². The molecule has 0 fully saturated rings. The first-order chi connectivity index (χ1) is 9.02. The number of nitrogens with zero attached hydrogens (tertiary/aromatic N) is 1. The van der Waals surface area contributed by atoms with Crippen molar-refractivity contribution in [2.75, 3.05) is 14.1 Å². The molecule has 1 rings (SSSR count).